The summed E-state index contributed by atoms with van der Waals surface area (Å²) in [5.41, 5.74) is 1.61. The van der Waals surface area contributed by atoms with E-state index in [0.717, 1.165) is 42.6 Å². The maximum atomic E-state index is 12.2. The van der Waals surface area contributed by atoms with Crippen molar-refractivity contribution in [1.29, 1.82) is 0 Å². The van der Waals surface area contributed by atoms with Gasteiger partial charge in [-0.15, -0.1) is 0 Å². The van der Waals surface area contributed by atoms with E-state index < -0.39 is 5.60 Å². The smallest absolute Gasteiger partial charge is 0.252 e. The number of aliphatic hydroxyl groups excluding tert-OH is 1. The third kappa shape index (κ3) is 1.99. The van der Waals surface area contributed by atoms with Crippen LogP contribution in [-0.4, -0.2) is 27.8 Å². The number of carbonyl (C=O) groups excluding carboxylic acids is 1. The quantitative estimate of drug-likeness (QED) is 0.638. The molecule has 2 aliphatic heterocycles. The van der Waals surface area contributed by atoms with Crippen molar-refractivity contribution >= 4 is 5.91 Å². The molecule has 1 aromatic rings. The van der Waals surface area contributed by atoms with Crippen LogP contribution in [0.15, 0.2) is 6.07 Å². The van der Waals surface area contributed by atoms with E-state index in [4.69, 9.17) is 4.74 Å². The second-order valence-electron chi connectivity index (χ2n) is 10.4. The van der Waals surface area contributed by atoms with Crippen molar-refractivity contribution in [2.24, 2.45) is 22.7 Å². The lowest BCUT2D eigenvalue weighted by Crippen LogP contribution is -2.66. The molecule has 2 heterocycles. The van der Waals surface area contributed by atoms with Crippen molar-refractivity contribution in [3.05, 3.63) is 22.8 Å². The largest absolute Gasteiger partial charge is 0.508 e. The highest BCUT2D eigenvalue weighted by molar-refractivity contribution is 6.00. The van der Waals surface area contributed by atoms with Gasteiger partial charge in [0, 0.05) is 29.5 Å². The lowest BCUT2D eigenvalue weighted by molar-refractivity contribution is -0.210. The molecule has 0 radical (unpaired) electrons. The van der Waals surface area contributed by atoms with Crippen LogP contribution in [0, 0.1) is 22.7 Å². The predicted octanol–water partition coefficient (Wildman–Crippen LogP) is 3.54. The minimum Gasteiger partial charge on any atom is -0.508 e. The first-order chi connectivity index (χ1) is 13.1. The van der Waals surface area contributed by atoms with Crippen LogP contribution in [-0.2, 0) is 13.0 Å². The van der Waals surface area contributed by atoms with Crippen molar-refractivity contribution in [3.63, 3.8) is 0 Å². The van der Waals surface area contributed by atoms with Crippen LogP contribution in [0.2, 0.25) is 0 Å². The molecule has 0 bridgehead atoms. The number of hydrogen-bond donors (Lipinski definition) is 3. The summed E-state index contributed by atoms with van der Waals surface area (Å²) in [5, 5.41) is 24.3. The molecule has 2 saturated carbocycles. The molecule has 5 atom stereocenters. The highest BCUT2D eigenvalue weighted by atomic mass is 16.5. The van der Waals surface area contributed by atoms with Gasteiger partial charge in [0.15, 0.2) is 0 Å². The van der Waals surface area contributed by atoms with Gasteiger partial charge in [-0.1, -0.05) is 27.7 Å². The van der Waals surface area contributed by atoms with Crippen LogP contribution < -0.4 is 10.1 Å². The average Bonchev–Trinajstić information content (AvgIpc) is 3.20. The summed E-state index contributed by atoms with van der Waals surface area (Å²) in [6.45, 7) is 9.47. The molecule has 1 spiro atoms. The molecule has 2 aliphatic carbocycles. The summed E-state index contributed by atoms with van der Waals surface area (Å²) in [5.74, 6) is 1.46. The molecule has 28 heavy (non-hydrogen) atoms. The van der Waals surface area contributed by atoms with Crippen molar-refractivity contribution in [3.8, 4) is 11.5 Å². The molecule has 152 valence electrons. The van der Waals surface area contributed by atoms with Crippen LogP contribution >= 0.6 is 0 Å². The van der Waals surface area contributed by atoms with Crippen LogP contribution in [0.1, 0.15) is 74.9 Å². The number of fused-ring (bicyclic) bond motifs is 5. The number of nitrogens with one attached hydrogen (secondary N) is 1. The SMILES string of the molecule is C[C@@H]1CC[C@H]2C(C)(C)[C@H](O)CC[C@]2(C)[C@]12Cc1c(O)cc3c(c1O2)CNC3=O. The molecular weight excluding hydrogens is 354 g/mol. The Labute approximate surface area is 166 Å². The van der Waals surface area contributed by atoms with Gasteiger partial charge in [0.25, 0.3) is 5.91 Å². The Bertz CT molecular complexity index is 878. The number of carbonyl (C=O) groups is 1. The lowest BCUT2D eigenvalue weighted by Gasteiger charge is -2.64. The third-order valence-corrected chi connectivity index (χ3v) is 8.97. The first-order valence-electron chi connectivity index (χ1n) is 10.6. The zero-order valence-corrected chi connectivity index (χ0v) is 17.3. The number of phenols is 1. The Morgan fingerprint density at radius 1 is 1.18 bits per heavy atom. The van der Waals surface area contributed by atoms with Gasteiger partial charge in [-0.25, -0.2) is 0 Å². The normalized spacial score (nSPS) is 40.5. The number of aromatic hydroxyl groups is 1. The van der Waals surface area contributed by atoms with E-state index in [1.165, 1.54) is 0 Å². The number of phenolic OH excluding ortho intramolecular Hbond substituents is 1. The number of ether oxygens (including phenoxy) is 1. The molecule has 2 fully saturated rings. The van der Waals surface area contributed by atoms with Gasteiger partial charge in [-0.2, -0.15) is 0 Å². The number of amides is 1. The van der Waals surface area contributed by atoms with E-state index in [-0.39, 0.29) is 28.6 Å². The predicted molar refractivity (Wildman–Crippen MR) is 105 cm³/mol. The Morgan fingerprint density at radius 3 is 2.68 bits per heavy atom. The van der Waals surface area contributed by atoms with Crippen LogP contribution in [0.5, 0.6) is 11.5 Å². The van der Waals surface area contributed by atoms with E-state index in [2.05, 4.69) is 33.0 Å². The van der Waals surface area contributed by atoms with E-state index in [0.29, 0.717) is 30.4 Å². The van der Waals surface area contributed by atoms with Gasteiger partial charge in [-0.3, -0.25) is 4.79 Å². The minimum absolute atomic E-state index is 0.0955. The lowest BCUT2D eigenvalue weighted by atomic mass is 9.43. The molecule has 3 N–H and O–H groups in total. The summed E-state index contributed by atoms with van der Waals surface area (Å²) in [6, 6.07) is 1.61. The van der Waals surface area contributed by atoms with Crippen molar-refractivity contribution < 1.29 is 19.7 Å². The van der Waals surface area contributed by atoms with E-state index >= 15 is 0 Å². The van der Waals surface area contributed by atoms with E-state index in [9.17, 15) is 15.0 Å². The van der Waals surface area contributed by atoms with E-state index in [1.807, 2.05) is 0 Å². The fraction of sp³-hybridized carbons (Fsp3) is 0.696. The summed E-state index contributed by atoms with van der Waals surface area (Å²) in [4.78, 5) is 12.2. The van der Waals surface area contributed by atoms with Crippen molar-refractivity contribution in [1.82, 2.24) is 5.32 Å². The molecular formula is C23H31NO4. The molecule has 1 aromatic carbocycles. The molecule has 1 amide bonds. The summed E-state index contributed by atoms with van der Waals surface area (Å²) < 4.78 is 6.89. The summed E-state index contributed by atoms with van der Waals surface area (Å²) in [6.07, 6.45) is 4.21. The molecule has 4 aliphatic rings. The van der Waals surface area contributed by atoms with Gasteiger partial charge in [0.1, 0.15) is 17.1 Å². The first kappa shape index (κ1) is 18.3. The molecule has 5 rings (SSSR count). The minimum atomic E-state index is -0.409. The number of hydrogen-bond acceptors (Lipinski definition) is 4. The Hall–Kier alpha value is -1.75. The summed E-state index contributed by atoms with van der Waals surface area (Å²) in [7, 11) is 0. The Kier molecular flexibility index (Phi) is 3.55. The number of aliphatic hydroxyl groups is 1. The van der Waals surface area contributed by atoms with Crippen molar-refractivity contribution in [2.75, 3.05) is 0 Å². The Morgan fingerprint density at radius 2 is 1.93 bits per heavy atom. The monoisotopic (exact) mass is 385 g/mol. The van der Waals surface area contributed by atoms with Gasteiger partial charge in [0.2, 0.25) is 0 Å². The fourth-order valence-corrected chi connectivity index (χ4v) is 7.19. The standard InChI is InChI=1S/C23H31NO4/c1-12-5-6-17-21(2,3)18(26)7-8-22(17,4)23(12)10-14-16(25)9-13-15(19(14)28-23)11-24-20(13)27/h9,12,17-18,25-26H,5-8,10-11H2,1-4H3,(H,24,27)/t12-,17+,18-,22+,23+/m1/s1. The van der Waals surface area contributed by atoms with Crippen molar-refractivity contribution in [2.45, 2.75) is 78.0 Å². The molecule has 0 saturated heterocycles. The molecule has 5 heteroatoms. The molecule has 0 unspecified atom stereocenters. The highest BCUT2D eigenvalue weighted by Gasteiger charge is 2.67. The van der Waals surface area contributed by atoms with Gasteiger partial charge in [-0.05, 0) is 49.0 Å². The number of benzene rings is 1. The van der Waals surface area contributed by atoms with E-state index in [1.54, 1.807) is 6.07 Å². The second kappa shape index (κ2) is 5.44. The number of rotatable bonds is 0. The van der Waals surface area contributed by atoms with Crippen LogP contribution in [0.3, 0.4) is 0 Å². The second-order valence-corrected chi connectivity index (χ2v) is 10.4. The van der Waals surface area contributed by atoms with Gasteiger partial charge >= 0.3 is 0 Å². The van der Waals surface area contributed by atoms with Gasteiger partial charge in [0.05, 0.1) is 11.7 Å². The first-order valence-corrected chi connectivity index (χ1v) is 10.6. The fourth-order valence-electron chi connectivity index (χ4n) is 7.19. The van der Waals surface area contributed by atoms with Crippen LogP contribution in [0.25, 0.3) is 0 Å². The average molecular weight is 386 g/mol. The maximum absolute atomic E-state index is 12.2. The third-order valence-electron chi connectivity index (χ3n) is 8.97. The zero-order valence-electron chi connectivity index (χ0n) is 17.3. The topological polar surface area (TPSA) is 78.8 Å². The summed E-state index contributed by atoms with van der Waals surface area (Å²) >= 11 is 0. The highest BCUT2D eigenvalue weighted by Crippen LogP contribution is 2.67. The Balaban J connectivity index is 1.65. The zero-order chi connectivity index (χ0) is 20.1. The van der Waals surface area contributed by atoms with Crippen LogP contribution in [0.4, 0.5) is 0 Å². The maximum Gasteiger partial charge on any atom is 0.252 e. The molecule has 5 nitrogen and oxygen atoms in total. The van der Waals surface area contributed by atoms with Gasteiger partial charge < -0.3 is 20.3 Å². The molecule has 0 aromatic heterocycles.